The zero-order chi connectivity index (χ0) is 32.1. The molecule has 2 amide bonds. The van der Waals surface area contributed by atoms with Crippen molar-refractivity contribution in [3.8, 4) is 0 Å². The third kappa shape index (κ3) is 8.78. The monoisotopic (exact) mass is 677 g/mol. The lowest BCUT2D eigenvalue weighted by atomic mass is 10.1. The fourth-order valence-corrected chi connectivity index (χ4v) is 6.12. The first-order valence-corrected chi connectivity index (χ1v) is 15.6. The van der Waals surface area contributed by atoms with E-state index in [2.05, 4.69) is 5.32 Å². The smallest absolute Gasteiger partial charge is 0.354 e. The van der Waals surface area contributed by atoms with Crippen LogP contribution in [0.15, 0.2) is 71.6 Å². The van der Waals surface area contributed by atoms with Crippen molar-refractivity contribution in [1.29, 1.82) is 0 Å². The SMILES string of the molecule is CC(C)CNC(=O)[C@@H](C)N(Cc1ccc(Cl)cc1Cl)C(=O)CN(c1ccc(Cl)c(C(F)(F)F)c1)S(=O)(=O)c1ccccc1. The molecule has 0 saturated carbocycles. The Labute approximate surface area is 263 Å². The molecule has 0 saturated heterocycles. The van der Waals surface area contributed by atoms with E-state index in [1.807, 2.05) is 13.8 Å². The van der Waals surface area contributed by atoms with Crippen molar-refractivity contribution in [2.24, 2.45) is 5.92 Å². The van der Waals surface area contributed by atoms with Gasteiger partial charge in [-0.15, -0.1) is 0 Å². The Kier molecular flexibility index (Phi) is 11.4. The van der Waals surface area contributed by atoms with Gasteiger partial charge in [0.1, 0.15) is 12.6 Å². The molecule has 0 aliphatic carbocycles. The predicted octanol–water partition coefficient (Wildman–Crippen LogP) is 7.05. The van der Waals surface area contributed by atoms with E-state index in [-0.39, 0.29) is 22.4 Å². The lowest BCUT2D eigenvalue weighted by Crippen LogP contribution is -2.51. The number of nitrogens with zero attached hydrogens (tertiary/aromatic N) is 2. The van der Waals surface area contributed by atoms with E-state index >= 15 is 0 Å². The Morgan fingerprint density at radius 2 is 1.56 bits per heavy atom. The van der Waals surface area contributed by atoms with Gasteiger partial charge in [0.25, 0.3) is 10.0 Å². The summed E-state index contributed by atoms with van der Waals surface area (Å²) >= 11 is 18.1. The van der Waals surface area contributed by atoms with Gasteiger partial charge < -0.3 is 10.2 Å². The van der Waals surface area contributed by atoms with Gasteiger partial charge in [-0.3, -0.25) is 13.9 Å². The van der Waals surface area contributed by atoms with Crippen molar-refractivity contribution >= 4 is 62.3 Å². The summed E-state index contributed by atoms with van der Waals surface area (Å²) in [7, 11) is -4.58. The largest absolute Gasteiger partial charge is 0.417 e. The minimum atomic E-state index is -4.90. The van der Waals surface area contributed by atoms with Gasteiger partial charge in [0.15, 0.2) is 0 Å². The fourth-order valence-electron chi connectivity index (χ4n) is 4.00. The van der Waals surface area contributed by atoms with Gasteiger partial charge in [0.05, 0.1) is 21.2 Å². The maximum absolute atomic E-state index is 13.9. The minimum absolute atomic E-state index is 0.102. The topological polar surface area (TPSA) is 86.8 Å². The Bertz CT molecular complexity index is 1570. The molecule has 0 aromatic heterocycles. The van der Waals surface area contributed by atoms with E-state index in [1.54, 1.807) is 12.1 Å². The summed E-state index contributed by atoms with van der Waals surface area (Å²) in [6.45, 7) is 4.37. The van der Waals surface area contributed by atoms with E-state index < -0.39 is 56.9 Å². The molecule has 0 aliphatic heterocycles. The van der Waals surface area contributed by atoms with Crippen LogP contribution in [0.2, 0.25) is 15.1 Å². The van der Waals surface area contributed by atoms with Crippen molar-refractivity contribution < 1.29 is 31.2 Å². The highest BCUT2D eigenvalue weighted by Gasteiger charge is 2.37. The van der Waals surface area contributed by atoms with Gasteiger partial charge in [-0.2, -0.15) is 13.2 Å². The van der Waals surface area contributed by atoms with Crippen molar-refractivity contribution in [2.45, 2.75) is 44.4 Å². The van der Waals surface area contributed by atoms with Crippen LogP contribution in [0, 0.1) is 5.92 Å². The predicted molar refractivity (Wildman–Crippen MR) is 162 cm³/mol. The summed E-state index contributed by atoms with van der Waals surface area (Å²) in [6.07, 6.45) is -4.90. The number of nitrogens with one attached hydrogen (secondary N) is 1. The van der Waals surface area contributed by atoms with Crippen LogP contribution in [-0.2, 0) is 32.3 Å². The summed E-state index contributed by atoms with van der Waals surface area (Å²) in [5, 5.41) is 2.62. The Morgan fingerprint density at radius 3 is 2.14 bits per heavy atom. The molecule has 43 heavy (non-hydrogen) atoms. The zero-order valence-corrected chi connectivity index (χ0v) is 26.4. The lowest BCUT2D eigenvalue weighted by Gasteiger charge is -2.32. The van der Waals surface area contributed by atoms with Crippen LogP contribution in [0.25, 0.3) is 0 Å². The number of carbonyl (C=O) groups excluding carboxylic acids is 2. The second kappa shape index (κ2) is 14.2. The molecular formula is C29H29Cl3F3N3O4S. The number of carbonyl (C=O) groups is 2. The minimum Gasteiger partial charge on any atom is -0.354 e. The van der Waals surface area contributed by atoms with Gasteiger partial charge in [-0.1, -0.05) is 72.9 Å². The normalized spacial score (nSPS) is 12.6. The number of alkyl halides is 3. The highest BCUT2D eigenvalue weighted by Crippen LogP contribution is 2.38. The van der Waals surface area contributed by atoms with Crippen LogP contribution in [0.1, 0.15) is 31.9 Å². The molecule has 0 radical (unpaired) electrons. The van der Waals surface area contributed by atoms with Crippen molar-refractivity contribution in [3.05, 3.63) is 92.9 Å². The number of hydrogen-bond donors (Lipinski definition) is 1. The second-order valence-corrected chi connectivity index (χ2v) is 13.2. The van der Waals surface area contributed by atoms with Gasteiger partial charge in [0, 0.05) is 23.1 Å². The molecule has 14 heteroatoms. The van der Waals surface area contributed by atoms with Gasteiger partial charge in [-0.25, -0.2) is 8.42 Å². The van der Waals surface area contributed by atoms with Gasteiger partial charge >= 0.3 is 6.18 Å². The number of sulfonamides is 1. The molecule has 0 aliphatic rings. The van der Waals surface area contributed by atoms with E-state index in [1.165, 1.54) is 43.3 Å². The van der Waals surface area contributed by atoms with E-state index in [4.69, 9.17) is 34.8 Å². The maximum atomic E-state index is 13.9. The Balaban J connectivity index is 2.11. The lowest BCUT2D eigenvalue weighted by molar-refractivity contribution is -0.139. The quantitative estimate of drug-likeness (QED) is 0.236. The van der Waals surface area contributed by atoms with Crippen molar-refractivity contribution in [3.63, 3.8) is 0 Å². The standard InChI is InChI=1S/C29H29Cl3F3N3O4S/c1-18(2)15-36-28(40)19(3)37(16-20-9-10-21(30)13-26(20)32)27(39)17-38(43(41,42)23-7-5-4-6-8-23)22-11-12-25(31)24(14-22)29(33,34)35/h4-14,18-19H,15-17H2,1-3H3,(H,36,40)/t19-/m1/s1. The molecule has 1 atom stereocenters. The molecule has 1 N–H and O–H groups in total. The molecule has 0 unspecified atom stereocenters. The molecule has 7 nitrogen and oxygen atoms in total. The first-order valence-electron chi connectivity index (χ1n) is 13.0. The molecule has 0 spiro atoms. The molecule has 3 aromatic carbocycles. The number of hydrogen-bond acceptors (Lipinski definition) is 4. The van der Waals surface area contributed by atoms with Crippen LogP contribution >= 0.6 is 34.8 Å². The average Bonchev–Trinajstić information content (AvgIpc) is 2.94. The van der Waals surface area contributed by atoms with E-state index in [0.717, 1.165) is 17.0 Å². The fraction of sp³-hybridized carbons (Fsp3) is 0.310. The maximum Gasteiger partial charge on any atom is 0.417 e. The van der Waals surface area contributed by atoms with Gasteiger partial charge in [-0.05, 0) is 60.9 Å². The third-order valence-corrected chi connectivity index (χ3v) is 9.07. The second-order valence-electron chi connectivity index (χ2n) is 10.1. The molecule has 0 fully saturated rings. The van der Waals surface area contributed by atoms with Crippen LogP contribution < -0.4 is 9.62 Å². The summed E-state index contributed by atoms with van der Waals surface area (Å²) in [6, 6.07) is 12.9. The number of halogens is 6. The third-order valence-electron chi connectivity index (χ3n) is 6.36. The first-order chi connectivity index (χ1) is 20.0. The Morgan fingerprint density at radius 1 is 0.907 bits per heavy atom. The highest BCUT2D eigenvalue weighted by molar-refractivity contribution is 7.92. The summed E-state index contributed by atoms with van der Waals surface area (Å²) in [5.74, 6) is -1.29. The van der Waals surface area contributed by atoms with Crippen LogP contribution in [0.5, 0.6) is 0 Å². The first kappa shape index (κ1) is 34.5. The van der Waals surface area contributed by atoms with E-state index in [9.17, 15) is 31.2 Å². The van der Waals surface area contributed by atoms with Crippen molar-refractivity contribution in [1.82, 2.24) is 10.2 Å². The highest BCUT2D eigenvalue weighted by atomic mass is 35.5. The van der Waals surface area contributed by atoms with Crippen LogP contribution in [-0.4, -0.2) is 44.3 Å². The number of anilines is 1. The van der Waals surface area contributed by atoms with Gasteiger partial charge in [0.2, 0.25) is 11.8 Å². The van der Waals surface area contributed by atoms with E-state index in [0.29, 0.717) is 27.5 Å². The molecular weight excluding hydrogens is 650 g/mol. The number of rotatable bonds is 11. The molecule has 0 bridgehead atoms. The van der Waals surface area contributed by atoms with Crippen LogP contribution in [0.3, 0.4) is 0 Å². The zero-order valence-electron chi connectivity index (χ0n) is 23.3. The number of amides is 2. The summed E-state index contributed by atoms with van der Waals surface area (Å²) < 4.78 is 69.4. The molecule has 3 rings (SSSR count). The van der Waals surface area contributed by atoms with Crippen molar-refractivity contribution in [2.75, 3.05) is 17.4 Å². The molecule has 3 aromatic rings. The molecule has 0 heterocycles. The molecule has 232 valence electrons. The van der Waals surface area contributed by atoms with Crippen LogP contribution in [0.4, 0.5) is 18.9 Å². The number of benzene rings is 3. The Hall–Kier alpha value is -2.99. The summed E-state index contributed by atoms with van der Waals surface area (Å²) in [4.78, 5) is 27.8. The average molecular weight is 679 g/mol. The summed E-state index contributed by atoms with van der Waals surface area (Å²) in [5.41, 5.74) is -1.32.